The fourth-order valence-corrected chi connectivity index (χ4v) is 0. The van der Waals surface area contributed by atoms with Crippen LogP contribution < -0.4 is 0 Å². The maximum atomic E-state index is 9.87. The van der Waals surface area contributed by atoms with Crippen molar-refractivity contribution in [3.8, 4) is 0 Å². The molecule has 0 aromatic carbocycles. The molecule has 0 N–H and O–H groups in total. The Balaban J connectivity index is 0. The molecule has 0 radical (unpaired) electrons. The Morgan fingerprint density at radius 3 is 1.08 bits per heavy atom. The number of hydrogen-bond acceptors (Lipinski definition) is 1. The van der Waals surface area contributed by atoms with Crippen LogP contribution >= 0.6 is 7.81 Å². The Morgan fingerprint density at radius 1 is 1.00 bits per heavy atom. The number of halogens is 6. The molecule has 0 bridgehead atoms. The molecule has 0 heterocycles. The molecule has 0 aliphatic heterocycles. The van der Waals surface area contributed by atoms with Gasteiger partial charge in [-0.1, -0.05) is 0 Å². The first-order valence-electron chi connectivity index (χ1n) is 2.61. The second-order valence-electron chi connectivity index (χ2n) is 2.12. The molecule has 0 unspecified atom stereocenters. The summed E-state index contributed by atoms with van der Waals surface area (Å²) >= 11 is 2.85. The molecule has 0 rings (SSSR count). The van der Waals surface area contributed by atoms with Crippen molar-refractivity contribution in [2.75, 3.05) is 0 Å². The molecule has 0 saturated heterocycles. The van der Waals surface area contributed by atoms with Crippen LogP contribution in [0, 0.1) is 0 Å². The van der Waals surface area contributed by atoms with E-state index in [1.165, 1.54) is 0 Å². The van der Waals surface area contributed by atoms with E-state index in [2.05, 4.69) is 17.1 Å². The van der Waals surface area contributed by atoms with Gasteiger partial charge in [0.25, 0.3) is 0 Å². The van der Waals surface area contributed by atoms with Crippen molar-refractivity contribution in [2.24, 2.45) is 0 Å². The molecule has 12 heavy (non-hydrogen) atoms. The third kappa shape index (κ3) is 167. The quantitative estimate of drug-likeness (QED) is 0.384. The summed E-state index contributed by atoms with van der Waals surface area (Å²) in [5.74, 6) is 0. The van der Waals surface area contributed by atoms with E-state index in [1.54, 1.807) is 0 Å². The average molecular weight is 238 g/mol. The zero-order chi connectivity index (χ0) is 10.7. The molecule has 0 aromatic heterocycles. The first kappa shape index (κ1) is 14.8. The van der Waals surface area contributed by atoms with Crippen LogP contribution in [0.1, 0.15) is 13.8 Å². The van der Waals surface area contributed by atoms with E-state index in [0.717, 1.165) is 0 Å². The van der Waals surface area contributed by atoms with Crippen molar-refractivity contribution < 1.29 is 29.4 Å². The monoisotopic (exact) mass is 238 g/mol. The number of hydrogen-bond donors (Lipinski definition) is 0. The SMILES string of the molecule is CC(C)O[SH2+].F[P-](F)(F)(F)(F)F. The van der Waals surface area contributed by atoms with Gasteiger partial charge in [-0.25, -0.2) is 0 Å². The Hall–Kier alpha value is 0.320. The van der Waals surface area contributed by atoms with Gasteiger partial charge in [-0.05, 0) is 13.8 Å². The summed E-state index contributed by atoms with van der Waals surface area (Å²) in [6, 6.07) is 0. The van der Waals surface area contributed by atoms with E-state index in [9.17, 15) is 25.2 Å². The van der Waals surface area contributed by atoms with Crippen molar-refractivity contribution >= 4 is 20.7 Å². The van der Waals surface area contributed by atoms with Crippen LogP contribution in [0.15, 0.2) is 0 Å². The molecule has 9 heteroatoms. The van der Waals surface area contributed by atoms with Crippen molar-refractivity contribution in [1.29, 1.82) is 0 Å². The van der Waals surface area contributed by atoms with Gasteiger partial charge < -0.3 is 0 Å². The van der Waals surface area contributed by atoms with Crippen LogP contribution in [0.2, 0.25) is 0 Å². The van der Waals surface area contributed by atoms with E-state index < -0.39 is 7.81 Å². The summed E-state index contributed by atoms with van der Waals surface area (Å²) in [6.45, 7) is 3.90. The van der Waals surface area contributed by atoms with Gasteiger partial charge >= 0.3 is 33.0 Å². The van der Waals surface area contributed by atoms with E-state index >= 15 is 0 Å². The van der Waals surface area contributed by atoms with Crippen LogP contribution in [0.3, 0.4) is 0 Å². The fourth-order valence-electron chi connectivity index (χ4n) is 0. The van der Waals surface area contributed by atoms with E-state index in [4.69, 9.17) is 0 Å². The Labute approximate surface area is 70.9 Å². The predicted octanol–water partition coefficient (Wildman–Crippen LogP) is 3.72. The first-order chi connectivity index (χ1) is 4.72. The summed E-state index contributed by atoms with van der Waals surface area (Å²) in [5, 5.41) is 0. The number of rotatable bonds is 1. The van der Waals surface area contributed by atoms with E-state index in [-0.39, 0.29) is 0 Å². The van der Waals surface area contributed by atoms with Crippen LogP contribution in [-0.2, 0) is 17.1 Å². The molecular formula is C3H9F6OPS. The third-order valence-corrected chi connectivity index (χ3v) is 0.707. The van der Waals surface area contributed by atoms with Crippen LogP contribution in [0.25, 0.3) is 0 Å². The van der Waals surface area contributed by atoms with Gasteiger partial charge in [0.2, 0.25) is 0 Å². The molecule has 0 saturated carbocycles. The predicted molar refractivity (Wildman–Crippen MR) is 39.9 cm³/mol. The molecule has 0 aromatic rings. The van der Waals surface area contributed by atoms with Gasteiger partial charge in [0, 0.05) is 0 Å². The zero-order valence-electron chi connectivity index (χ0n) is 6.20. The van der Waals surface area contributed by atoms with Crippen molar-refractivity contribution in [1.82, 2.24) is 0 Å². The summed E-state index contributed by atoms with van der Waals surface area (Å²) in [6.07, 6.45) is 0.298. The molecule has 80 valence electrons. The van der Waals surface area contributed by atoms with Gasteiger partial charge in [0.05, 0.1) is 0 Å². The average Bonchev–Trinajstić information content (AvgIpc) is 1.56. The third-order valence-electron chi connectivity index (χ3n) is 0.236. The first-order valence-corrected chi connectivity index (χ1v) is 5.05. The Bertz CT molecular complexity index is 124. The van der Waals surface area contributed by atoms with Gasteiger partial charge in [-0.2, -0.15) is 4.18 Å². The van der Waals surface area contributed by atoms with Crippen molar-refractivity contribution in [2.45, 2.75) is 20.0 Å². The van der Waals surface area contributed by atoms with Gasteiger partial charge in [0.1, 0.15) is 19.0 Å². The standard InChI is InChI=1S/C3H8OS.F6P/c1-3(2)4-5;1-7(2,3,4,5)6/h3,5H,1-2H3;/q;-1/p+1. The topological polar surface area (TPSA) is 9.23 Å². The molecule has 1 nitrogen and oxygen atoms in total. The molecule has 0 aliphatic carbocycles. The molecule has 0 fully saturated rings. The molecule has 0 aliphatic rings. The van der Waals surface area contributed by atoms with Crippen molar-refractivity contribution in [3.05, 3.63) is 0 Å². The van der Waals surface area contributed by atoms with Gasteiger partial charge in [0.15, 0.2) is 0 Å². The Morgan fingerprint density at radius 2 is 1.08 bits per heavy atom. The summed E-state index contributed by atoms with van der Waals surface area (Å²) in [5.41, 5.74) is 0. The second-order valence-corrected chi connectivity index (χ2v) is 4.28. The fraction of sp³-hybridized carbons (Fsp3) is 1.00. The van der Waals surface area contributed by atoms with E-state index in [1.807, 2.05) is 13.8 Å². The summed E-state index contributed by atoms with van der Waals surface area (Å²) < 4.78 is 63.8. The molecule has 0 spiro atoms. The van der Waals surface area contributed by atoms with Gasteiger partial charge in [-0.3, -0.25) is 0 Å². The van der Waals surface area contributed by atoms with Crippen LogP contribution in [-0.4, -0.2) is 6.10 Å². The minimum absolute atomic E-state index is 0.298. The van der Waals surface area contributed by atoms with E-state index in [0.29, 0.717) is 6.10 Å². The zero-order valence-corrected chi connectivity index (χ0v) is 8.10. The molecule has 0 atom stereocenters. The van der Waals surface area contributed by atoms with Gasteiger partial charge in [-0.15, -0.1) is 0 Å². The normalized spacial score (nSPS) is 17.5. The second kappa shape index (κ2) is 3.23. The maximum absolute atomic E-state index is 10.7. The van der Waals surface area contributed by atoms with Crippen molar-refractivity contribution in [3.63, 3.8) is 0 Å². The molecule has 0 amide bonds. The van der Waals surface area contributed by atoms with Crippen LogP contribution in [0.4, 0.5) is 25.2 Å². The summed E-state index contributed by atoms with van der Waals surface area (Å²) in [4.78, 5) is 0. The van der Waals surface area contributed by atoms with Crippen LogP contribution in [0.5, 0.6) is 0 Å². The Kier molecular flexibility index (Phi) is 3.99. The minimum atomic E-state index is -10.7. The summed E-state index contributed by atoms with van der Waals surface area (Å²) in [7, 11) is -10.7. The molecular weight excluding hydrogens is 229 g/mol.